The first-order valence-corrected chi connectivity index (χ1v) is 5.03. The molecule has 0 saturated carbocycles. The summed E-state index contributed by atoms with van der Waals surface area (Å²) in [6, 6.07) is 7.05. The van der Waals surface area contributed by atoms with Crippen molar-refractivity contribution in [1.29, 1.82) is 0 Å². The second kappa shape index (κ2) is 4.83. The summed E-state index contributed by atoms with van der Waals surface area (Å²) in [7, 11) is -1.07. The highest BCUT2D eigenvalue weighted by molar-refractivity contribution is 7.67. The van der Waals surface area contributed by atoms with E-state index in [0.29, 0.717) is 5.69 Å². The fourth-order valence-corrected chi connectivity index (χ4v) is 1.20. The predicted octanol–water partition coefficient (Wildman–Crippen LogP) is 0.206. The van der Waals surface area contributed by atoms with Crippen LogP contribution in [0.15, 0.2) is 24.3 Å². The number of hydrogen-bond acceptors (Lipinski definition) is 5. The third-order valence-electron chi connectivity index (χ3n) is 1.69. The molecule has 0 unspecified atom stereocenters. The average Bonchev–Trinajstić information content (AvgIpc) is 2.15. The summed E-state index contributed by atoms with van der Waals surface area (Å²) in [5, 5.41) is 0. The van der Waals surface area contributed by atoms with E-state index in [2.05, 4.69) is 4.18 Å². The number of nitrogen functional groups attached to an aromatic ring is 1. The Hall–Kier alpha value is -1.27. The van der Waals surface area contributed by atoms with Gasteiger partial charge >= 0.3 is 0 Å². The second-order valence-corrected chi connectivity index (χ2v) is 3.48. The Morgan fingerprint density at radius 3 is 2.43 bits per heavy atom. The minimum Gasteiger partial charge on any atom is -0.399 e. The highest BCUT2D eigenvalue weighted by Gasteiger charge is 2.00. The molecule has 0 aliphatic carbocycles. The number of benzene rings is 1. The van der Waals surface area contributed by atoms with E-state index in [1.807, 2.05) is 0 Å². The Morgan fingerprint density at radius 2 is 1.93 bits per heavy atom. The van der Waals surface area contributed by atoms with Gasteiger partial charge in [-0.1, -0.05) is 0 Å². The van der Waals surface area contributed by atoms with E-state index in [-0.39, 0.29) is 6.73 Å². The van der Waals surface area contributed by atoms with Gasteiger partial charge in [-0.05, 0) is 24.3 Å². The molecule has 0 aliphatic heterocycles. The molecule has 1 rings (SSSR count). The number of rotatable bonds is 4. The van der Waals surface area contributed by atoms with Gasteiger partial charge in [0.25, 0.3) is 11.0 Å². The molecule has 6 heteroatoms. The summed E-state index contributed by atoms with van der Waals surface area (Å²) in [5.74, 6) is 0. The van der Waals surface area contributed by atoms with Gasteiger partial charge in [0.1, 0.15) is 6.73 Å². The van der Waals surface area contributed by atoms with E-state index in [4.69, 9.17) is 5.73 Å². The topological polar surface area (TPSA) is 72.6 Å². The van der Waals surface area contributed by atoms with Crippen LogP contribution in [0.3, 0.4) is 0 Å². The molecule has 0 amide bonds. The maximum atomic E-state index is 10.2. The van der Waals surface area contributed by atoms with Gasteiger partial charge in [0.2, 0.25) is 0 Å². The number of thiol groups is 1. The molecule has 14 heavy (non-hydrogen) atoms. The van der Waals surface area contributed by atoms with E-state index in [0.717, 1.165) is 5.69 Å². The van der Waals surface area contributed by atoms with Gasteiger partial charge in [-0.2, -0.15) is 0 Å². The first-order valence-electron chi connectivity index (χ1n) is 3.93. The number of hydrogen-bond donors (Lipinski definition) is 2. The SMILES string of the molecule is CN(CO[SH](=O)=O)c1ccc(N)cc1. The van der Waals surface area contributed by atoms with Crippen LogP contribution < -0.4 is 10.6 Å². The smallest absolute Gasteiger partial charge is 0.258 e. The van der Waals surface area contributed by atoms with Crippen molar-refractivity contribution >= 4 is 22.4 Å². The van der Waals surface area contributed by atoms with Crippen LogP contribution in [0.25, 0.3) is 0 Å². The summed E-state index contributed by atoms with van der Waals surface area (Å²) in [4.78, 5) is 1.66. The summed E-state index contributed by atoms with van der Waals surface area (Å²) in [6.07, 6.45) is 0. The zero-order valence-corrected chi connectivity index (χ0v) is 8.61. The molecule has 0 aromatic heterocycles. The van der Waals surface area contributed by atoms with E-state index in [9.17, 15) is 8.42 Å². The Bertz CT molecular complexity index is 353. The molecular formula is C8H12N2O3S. The van der Waals surface area contributed by atoms with E-state index >= 15 is 0 Å². The van der Waals surface area contributed by atoms with Crippen molar-refractivity contribution in [2.75, 3.05) is 24.4 Å². The van der Waals surface area contributed by atoms with Gasteiger partial charge < -0.3 is 10.6 Å². The van der Waals surface area contributed by atoms with Crippen molar-refractivity contribution in [3.8, 4) is 0 Å². The number of anilines is 2. The minimum atomic E-state index is -2.80. The lowest BCUT2D eigenvalue weighted by Crippen LogP contribution is -2.20. The minimum absolute atomic E-state index is 0.00260. The third-order valence-corrected chi connectivity index (χ3v) is 2.02. The Balaban J connectivity index is 2.60. The maximum Gasteiger partial charge on any atom is 0.258 e. The molecule has 2 N–H and O–H groups in total. The number of nitrogens with zero attached hydrogens (tertiary/aromatic N) is 1. The van der Waals surface area contributed by atoms with Gasteiger partial charge in [0, 0.05) is 18.4 Å². The first-order chi connectivity index (χ1) is 6.59. The zero-order chi connectivity index (χ0) is 10.6. The van der Waals surface area contributed by atoms with Crippen molar-refractivity contribution < 1.29 is 12.6 Å². The van der Waals surface area contributed by atoms with Crippen LogP contribution in [0, 0.1) is 0 Å². The lowest BCUT2D eigenvalue weighted by Gasteiger charge is -2.16. The van der Waals surface area contributed by atoms with Crippen LogP contribution in [-0.2, 0) is 15.2 Å². The van der Waals surface area contributed by atoms with E-state index in [1.54, 1.807) is 36.2 Å². The third kappa shape index (κ3) is 3.23. The molecule has 0 spiro atoms. The lowest BCUT2D eigenvalue weighted by atomic mass is 10.3. The van der Waals surface area contributed by atoms with Crippen LogP contribution in [0.4, 0.5) is 11.4 Å². The highest BCUT2D eigenvalue weighted by Crippen LogP contribution is 2.14. The van der Waals surface area contributed by atoms with Crippen molar-refractivity contribution in [2.24, 2.45) is 0 Å². The molecule has 0 bridgehead atoms. The van der Waals surface area contributed by atoms with Crippen LogP contribution in [-0.4, -0.2) is 22.2 Å². The van der Waals surface area contributed by atoms with Crippen LogP contribution in [0.2, 0.25) is 0 Å². The fourth-order valence-electron chi connectivity index (χ4n) is 0.937. The summed E-state index contributed by atoms with van der Waals surface area (Å²) in [6.45, 7) is 0.00260. The monoisotopic (exact) mass is 216 g/mol. The van der Waals surface area contributed by atoms with E-state index in [1.165, 1.54) is 0 Å². The Labute approximate surface area is 84.2 Å². The van der Waals surface area contributed by atoms with Crippen LogP contribution >= 0.6 is 0 Å². The standard InChI is InChI=1S/C8H12N2O3S/c1-10(6-13-14(11)12)8-4-2-7(9)3-5-8/h2-5,14H,6,9H2,1H3. The molecule has 0 radical (unpaired) electrons. The normalized spacial score (nSPS) is 10.4. The molecule has 1 aromatic carbocycles. The van der Waals surface area contributed by atoms with Crippen LogP contribution in [0.5, 0.6) is 0 Å². The van der Waals surface area contributed by atoms with Crippen LogP contribution in [0.1, 0.15) is 0 Å². The molecule has 0 atom stereocenters. The summed E-state index contributed by atoms with van der Waals surface area (Å²) in [5.41, 5.74) is 7.01. The van der Waals surface area contributed by atoms with Gasteiger partial charge in [0.15, 0.2) is 0 Å². The molecule has 78 valence electrons. The van der Waals surface area contributed by atoms with Crippen molar-refractivity contribution in [3.05, 3.63) is 24.3 Å². The average molecular weight is 216 g/mol. The van der Waals surface area contributed by atoms with Crippen molar-refractivity contribution in [2.45, 2.75) is 0 Å². The predicted molar refractivity (Wildman–Crippen MR) is 55.5 cm³/mol. The zero-order valence-electron chi connectivity index (χ0n) is 7.71. The maximum absolute atomic E-state index is 10.2. The van der Waals surface area contributed by atoms with Gasteiger partial charge in [-0.3, -0.25) is 4.18 Å². The van der Waals surface area contributed by atoms with E-state index < -0.39 is 11.0 Å². The van der Waals surface area contributed by atoms with Crippen molar-refractivity contribution in [3.63, 3.8) is 0 Å². The Morgan fingerprint density at radius 1 is 1.36 bits per heavy atom. The highest BCUT2D eigenvalue weighted by atomic mass is 32.2. The molecule has 0 saturated heterocycles. The van der Waals surface area contributed by atoms with Gasteiger partial charge in [-0.15, -0.1) is 0 Å². The molecule has 0 fully saturated rings. The van der Waals surface area contributed by atoms with Crippen molar-refractivity contribution in [1.82, 2.24) is 0 Å². The first kappa shape index (κ1) is 10.8. The molecule has 5 nitrogen and oxygen atoms in total. The second-order valence-electron chi connectivity index (χ2n) is 2.77. The molecule has 0 heterocycles. The van der Waals surface area contributed by atoms with Gasteiger partial charge in [0.05, 0.1) is 0 Å². The lowest BCUT2D eigenvalue weighted by molar-refractivity contribution is 0.336. The largest absolute Gasteiger partial charge is 0.399 e. The molecule has 1 aromatic rings. The Kier molecular flexibility index (Phi) is 3.73. The summed E-state index contributed by atoms with van der Waals surface area (Å²) < 4.78 is 24.8. The summed E-state index contributed by atoms with van der Waals surface area (Å²) >= 11 is 0. The fraction of sp³-hybridized carbons (Fsp3) is 0.250. The molecule has 0 aliphatic rings. The number of nitrogens with two attached hydrogens (primary N) is 1. The molecular weight excluding hydrogens is 204 g/mol. The van der Waals surface area contributed by atoms with Gasteiger partial charge in [-0.25, -0.2) is 8.42 Å². The quantitative estimate of drug-likeness (QED) is 0.427.